The highest BCUT2D eigenvalue weighted by molar-refractivity contribution is 5.12. The number of fused-ring (bicyclic) bond motifs is 2. The van der Waals surface area contributed by atoms with Crippen LogP contribution in [0.5, 0.6) is 0 Å². The number of rotatable bonds is 5. The van der Waals surface area contributed by atoms with Crippen molar-refractivity contribution in [1.29, 1.82) is 0 Å². The highest BCUT2D eigenvalue weighted by Gasteiger charge is 2.60. The second-order valence-corrected chi connectivity index (χ2v) is 7.44. The Morgan fingerprint density at radius 3 is 2.65 bits per heavy atom. The molecule has 1 aromatic heterocycles. The fourth-order valence-corrected chi connectivity index (χ4v) is 4.47. The predicted molar refractivity (Wildman–Crippen MR) is 78.4 cm³/mol. The zero-order valence-corrected chi connectivity index (χ0v) is 13.2. The van der Waals surface area contributed by atoms with Crippen LogP contribution < -0.4 is 5.32 Å². The van der Waals surface area contributed by atoms with Gasteiger partial charge in [-0.05, 0) is 49.0 Å². The van der Waals surface area contributed by atoms with Crippen LogP contribution in [-0.4, -0.2) is 22.8 Å². The molecule has 3 rings (SSSR count). The summed E-state index contributed by atoms with van der Waals surface area (Å²) in [6, 6.07) is 0.681. The summed E-state index contributed by atoms with van der Waals surface area (Å²) in [7, 11) is 0. The number of hydrogen-bond donors (Lipinski definition) is 1. The Labute approximate surface area is 121 Å². The van der Waals surface area contributed by atoms with Crippen molar-refractivity contribution in [3.63, 3.8) is 0 Å². The van der Waals surface area contributed by atoms with Gasteiger partial charge in [0.1, 0.15) is 0 Å². The fourth-order valence-electron chi connectivity index (χ4n) is 4.47. The number of aryl methyl sites for hydroxylation is 2. The Morgan fingerprint density at radius 2 is 2.10 bits per heavy atom. The van der Waals surface area contributed by atoms with Crippen LogP contribution in [0.25, 0.3) is 0 Å². The number of aromatic nitrogens is 2. The standard InChI is InChI=1S/C16H27N3O/c1-11-18-19-14(20-11)6-5-9-17-13-10-12-7-8-16(13,4)15(12,2)3/h12-13,17H,5-10H2,1-4H3/t12-,13+,16-/m1/s1. The maximum absolute atomic E-state index is 5.41. The fraction of sp³-hybridized carbons (Fsp3) is 0.875. The molecule has 0 aliphatic heterocycles. The highest BCUT2D eigenvalue weighted by atomic mass is 16.4. The summed E-state index contributed by atoms with van der Waals surface area (Å²) in [5, 5.41) is 11.7. The molecule has 2 bridgehead atoms. The van der Waals surface area contributed by atoms with Crippen molar-refractivity contribution in [2.75, 3.05) is 6.54 Å². The average molecular weight is 277 g/mol. The van der Waals surface area contributed by atoms with E-state index in [1.165, 1.54) is 19.3 Å². The molecule has 4 nitrogen and oxygen atoms in total. The van der Waals surface area contributed by atoms with E-state index in [-0.39, 0.29) is 0 Å². The number of nitrogens with zero attached hydrogens (tertiary/aromatic N) is 2. The van der Waals surface area contributed by atoms with Crippen molar-refractivity contribution in [2.24, 2.45) is 16.7 Å². The Bertz CT molecular complexity index is 482. The first-order valence-electron chi connectivity index (χ1n) is 7.96. The van der Waals surface area contributed by atoms with Gasteiger partial charge in [-0.15, -0.1) is 10.2 Å². The van der Waals surface area contributed by atoms with E-state index in [4.69, 9.17) is 4.42 Å². The van der Waals surface area contributed by atoms with Gasteiger partial charge in [0.05, 0.1) is 0 Å². The second kappa shape index (κ2) is 4.83. The molecule has 3 atom stereocenters. The lowest BCUT2D eigenvalue weighted by atomic mass is 9.69. The van der Waals surface area contributed by atoms with E-state index in [2.05, 4.69) is 36.3 Å². The minimum absolute atomic E-state index is 0.471. The first kappa shape index (κ1) is 14.1. The first-order chi connectivity index (χ1) is 9.43. The smallest absolute Gasteiger partial charge is 0.216 e. The predicted octanol–water partition coefficient (Wildman–Crippen LogP) is 3.12. The van der Waals surface area contributed by atoms with Crippen LogP contribution in [0.4, 0.5) is 0 Å². The molecule has 0 radical (unpaired) electrons. The molecule has 0 amide bonds. The molecule has 1 aromatic rings. The van der Waals surface area contributed by atoms with Gasteiger partial charge in [0, 0.05) is 19.4 Å². The van der Waals surface area contributed by atoms with Gasteiger partial charge in [0.25, 0.3) is 0 Å². The Morgan fingerprint density at radius 1 is 1.30 bits per heavy atom. The normalized spacial score (nSPS) is 34.8. The topological polar surface area (TPSA) is 51.0 Å². The summed E-state index contributed by atoms with van der Waals surface area (Å²) in [4.78, 5) is 0. The van der Waals surface area contributed by atoms with Crippen LogP contribution in [0, 0.1) is 23.7 Å². The van der Waals surface area contributed by atoms with Crippen LogP contribution in [0.2, 0.25) is 0 Å². The SMILES string of the molecule is Cc1nnc(CCCN[C@H]2C[C@H]3CC[C@@]2(C)C3(C)C)o1. The van der Waals surface area contributed by atoms with E-state index < -0.39 is 0 Å². The molecule has 0 aromatic carbocycles. The summed E-state index contributed by atoms with van der Waals surface area (Å²) in [5.74, 6) is 2.34. The lowest BCUT2D eigenvalue weighted by Gasteiger charge is -2.39. The molecule has 2 saturated carbocycles. The van der Waals surface area contributed by atoms with Crippen molar-refractivity contribution < 1.29 is 4.42 Å². The van der Waals surface area contributed by atoms with Crippen molar-refractivity contribution in [3.05, 3.63) is 11.8 Å². The summed E-state index contributed by atoms with van der Waals surface area (Å²) >= 11 is 0. The molecular weight excluding hydrogens is 250 g/mol. The van der Waals surface area contributed by atoms with Gasteiger partial charge in [-0.25, -0.2) is 0 Å². The second-order valence-electron chi connectivity index (χ2n) is 7.44. The number of hydrogen-bond acceptors (Lipinski definition) is 4. The van der Waals surface area contributed by atoms with Gasteiger partial charge in [-0.3, -0.25) is 0 Å². The quantitative estimate of drug-likeness (QED) is 0.840. The molecular formula is C16H27N3O. The highest BCUT2D eigenvalue weighted by Crippen LogP contribution is 2.65. The third-order valence-electron chi connectivity index (χ3n) is 6.32. The molecule has 20 heavy (non-hydrogen) atoms. The summed E-state index contributed by atoms with van der Waals surface area (Å²) in [5.41, 5.74) is 0.965. The van der Waals surface area contributed by atoms with Gasteiger partial charge < -0.3 is 9.73 Å². The zero-order valence-electron chi connectivity index (χ0n) is 13.2. The van der Waals surface area contributed by atoms with Crippen LogP contribution in [0.3, 0.4) is 0 Å². The Hall–Kier alpha value is -0.900. The van der Waals surface area contributed by atoms with Crippen LogP contribution in [0.15, 0.2) is 4.42 Å². The maximum Gasteiger partial charge on any atom is 0.216 e. The molecule has 2 fully saturated rings. The number of nitrogens with one attached hydrogen (secondary N) is 1. The minimum atomic E-state index is 0.471. The average Bonchev–Trinajstić information content (AvgIpc) is 2.95. The van der Waals surface area contributed by atoms with Crippen LogP contribution in [0.1, 0.15) is 58.2 Å². The third-order valence-corrected chi connectivity index (χ3v) is 6.32. The van der Waals surface area contributed by atoms with Crippen molar-refractivity contribution in [1.82, 2.24) is 15.5 Å². The summed E-state index contributed by atoms with van der Waals surface area (Å²) < 4.78 is 5.41. The summed E-state index contributed by atoms with van der Waals surface area (Å²) in [6.45, 7) is 10.3. The van der Waals surface area contributed by atoms with Gasteiger partial charge in [-0.1, -0.05) is 20.8 Å². The minimum Gasteiger partial charge on any atom is -0.426 e. The van der Waals surface area contributed by atoms with E-state index in [9.17, 15) is 0 Å². The molecule has 0 unspecified atom stereocenters. The Kier molecular flexibility index (Phi) is 3.39. The van der Waals surface area contributed by atoms with E-state index >= 15 is 0 Å². The van der Waals surface area contributed by atoms with Crippen molar-refractivity contribution >= 4 is 0 Å². The molecule has 2 aliphatic carbocycles. The van der Waals surface area contributed by atoms with Crippen molar-refractivity contribution in [3.8, 4) is 0 Å². The molecule has 2 aliphatic rings. The molecule has 1 heterocycles. The van der Waals surface area contributed by atoms with E-state index in [1.54, 1.807) is 0 Å². The van der Waals surface area contributed by atoms with Gasteiger partial charge >= 0.3 is 0 Å². The van der Waals surface area contributed by atoms with E-state index in [0.29, 0.717) is 22.8 Å². The monoisotopic (exact) mass is 277 g/mol. The molecule has 0 spiro atoms. The van der Waals surface area contributed by atoms with E-state index in [1.807, 2.05) is 6.92 Å². The molecule has 1 N–H and O–H groups in total. The molecule has 4 heteroatoms. The first-order valence-corrected chi connectivity index (χ1v) is 7.96. The van der Waals surface area contributed by atoms with Gasteiger partial charge in [-0.2, -0.15) is 0 Å². The van der Waals surface area contributed by atoms with Crippen LogP contribution in [-0.2, 0) is 6.42 Å². The zero-order chi connectivity index (χ0) is 14.4. The Balaban J connectivity index is 1.48. The van der Waals surface area contributed by atoms with Gasteiger partial charge in [0.2, 0.25) is 11.8 Å². The van der Waals surface area contributed by atoms with Crippen LogP contribution >= 0.6 is 0 Å². The third kappa shape index (κ3) is 2.09. The van der Waals surface area contributed by atoms with Gasteiger partial charge in [0.15, 0.2) is 0 Å². The molecule has 0 saturated heterocycles. The summed E-state index contributed by atoms with van der Waals surface area (Å²) in [6.07, 6.45) is 6.10. The molecule has 112 valence electrons. The van der Waals surface area contributed by atoms with E-state index in [0.717, 1.165) is 31.2 Å². The largest absolute Gasteiger partial charge is 0.426 e. The maximum atomic E-state index is 5.41. The van der Waals surface area contributed by atoms with Crippen molar-refractivity contribution in [2.45, 2.75) is 65.8 Å². The lowest BCUT2D eigenvalue weighted by Crippen LogP contribution is -2.44. The lowest BCUT2D eigenvalue weighted by molar-refractivity contribution is 0.121.